The molecule has 2 aromatic rings. The summed E-state index contributed by atoms with van der Waals surface area (Å²) in [5.74, 6) is 0.929. The average Bonchev–Trinajstić information content (AvgIpc) is 3.16. The van der Waals surface area contributed by atoms with Gasteiger partial charge in [-0.15, -0.1) is 0 Å². The van der Waals surface area contributed by atoms with Crippen LogP contribution in [0.2, 0.25) is 0 Å². The van der Waals surface area contributed by atoms with Gasteiger partial charge in [-0.05, 0) is 42.5 Å². The van der Waals surface area contributed by atoms with Crippen molar-refractivity contribution >= 4 is 5.91 Å². The van der Waals surface area contributed by atoms with Gasteiger partial charge in [-0.3, -0.25) is 9.69 Å². The Labute approximate surface area is 178 Å². The second-order valence-electron chi connectivity index (χ2n) is 9.03. The Morgan fingerprint density at radius 3 is 2.70 bits per heavy atom. The van der Waals surface area contributed by atoms with Gasteiger partial charge in [0, 0.05) is 31.6 Å². The van der Waals surface area contributed by atoms with Crippen LogP contribution in [0.15, 0.2) is 30.5 Å². The molecule has 1 fully saturated rings. The Balaban J connectivity index is 1.48. The predicted molar refractivity (Wildman–Crippen MR) is 115 cm³/mol. The lowest BCUT2D eigenvalue weighted by molar-refractivity contribution is -0.122. The molecule has 4 rings (SSSR count). The maximum absolute atomic E-state index is 12.7. The van der Waals surface area contributed by atoms with Crippen molar-refractivity contribution < 1.29 is 14.3 Å². The second kappa shape index (κ2) is 8.78. The van der Waals surface area contributed by atoms with E-state index >= 15 is 0 Å². The number of amides is 1. The van der Waals surface area contributed by atoms with Gasteiger partial charge in [-0.25, -0.2) is 4.68 Å². The summed E-state index contributed by atoms with van der Waals surface area (Å²) in [7, 11) is 1.67. The summed E-state index contributed by atoms with van der Waals surface area (Å²) < 4.78 is 12.7. The van der Waals surface area contributed by atoms with Crippen molar-refractivity contribution in [3.05, 3.63) is 41.7 Å². The van der Waals surface area contributed by atoms with Gasteiger partial charge >= 0.3 is 0 Å². The molecule has 1 saturated heterocycles. The number of benzene rings is 1. The third-order valence-electron chi connectivity index (χ3n) is 6.09. The van der Waals surface area contributed by atoms with E-state index in [1.165, 1.54) is 5.69 Å². The number of rotatable bonds is 6. The molecule has 162 valence electrons. The fourth-order valence-corrected chi connectivity index (χ4v) is 4.47. The molecule has 0 radical (unpaired) electrons. The Hall–Kier alpha value is -2.38. The number of nitrogens with one attached hydrogen (secondary N) is 1. The van der Waals surface area contributed by atoms with Crippen LogP contribution in [0.5, 0.6) is 5.75 Å². The summed E-state index contributed by atoms with van der Waals surface area (Å²) in [4.78, 5) is 15.0. The Morgan fingerprint density at radius 1 is 1.27 bits per heavy atom. The van der Waals surface area contributed by atoms with Crippen molar-refractivity contribution in [1.82, 2.24) is 20.0 Å². The number of hydrogen-bond donors (Lipinski definition) is 1. The maximum Gasteiger partial charge on any atom is 0.221 e. The summed E-state index contributed by atoms with van der Waals surface area (Å²) in [6.45, 7) is 8.62. The molecule has 1 N–H and O–H groups in total. The van der Waals surface area contributed by atoms with Crippen LogP contribution < -0.4 is 10.1 Å². The van der Waals surface area contributed by atoms with E-state index in [1.54, 1.807) is 7.11 Å². The van der Waals surface area contributed by atoms with Crippen molar-refractivity contribution in [3.8, 4) is 11.4 Å². The van der Waals surface area contributed by atoms with Crippen molar-refractivity contribution in [2.45, 2.75) is 39.2 Å². The lowest BCUT2D eigenvalue weighted by atomic mass is 9.74. The van der Waals surface area contributed by atoms with E-state index in [-0.39, 0.29) is 17.4 Å². The largest absolute Gasteiger partial charge is 0.497 e. The monoisotopic (exact) mass is 412 g/mol. The first-order valence-electron chi connectivity index (χ1n) is 10.8. The molecule has 30 heavy (non-hydrogen) atoms. The highest BCUT2D eigenvalue weighted by molar-refractivity contribution is 5.76. The smallest absolute Gasteiger partial charge is 0.221 e. The van der Waals surface area contributed by atoms with Gasteiger partial charge in [0.05, 0.1) is 43.9 Å². The quantitative estimate of drug-likeness (QED) is 0.790. The molecule has 2 heterocycles. The summed E-state index contributed by atoms with van der Waals surface area (Å²) in [5, 5.41) is 7.95. The highest BCUT2D eigenvalue weighted by atomic mass is 16.5. The van der Waals surface area contributed by atoms with E-state index in [2.05, 4.69) is 29.2 Å². The Morgan fingerprint density at radius 2 is 2.00 bits per heavy atom. The molecule has 1 aromatic heterocycles. The van der Waals surface area contributed by atoms with E-state index in [4.69, 9.17) is 9.47 Å². The van der Waals surface area contributed by atoms with Gasteiger partial charge in [-0.1, -0.05) is 13.8 Å². The minimum atomic E-state index is -0.00654. The SMILES string of the molecule is COc1ccc(-n2ncc3c2CC(C)(C)CC3NC(=O)CCN2CCOCC2)cc1. The van der Waals surface area contributed by atoms with Gasteiger partial charge in [0.25, 0.3) is 0 Å². The van der Waals surface area contributed by atoms with Crippen molar-refractivity contribution in [1.29, 1.82) is 0 Å². The fourth-order valence-electron chi connectivity index (χ4n) is 4.47. The van der Waals surface area contributed by atoms with E-state index in [0.29, 0.717) is 6.42 Å². The maximum atomic E-state index is 12.7. The second-order valence-corrected chi connectivity index (χ2v) is 9.03. The summed E-state index contributed by atoms with van der Waals surface area (Å²) in [6.07, 6.45) is 4.27. The van der Waals surface area contributed by atoms with E-state index in [0.717, 1.165) is 62.7 Å². The van der Waals surface area contributed by atoms with Crippen LogP contribution in [-0.4, -0.2) is 60.5 Å². The lowest BCUT2D eigenvalue weighted by Gasteiger charge is -2.36. The average molecular weight is 413 g/mol. The molecular weight excluding hydrogens is 380 g/mol. The van der Waals surface area contributed by atoms with Crippen molar-refractivity contribution in [3.63, 3.8) is 0 Å². The van der Waals surface area contributed by atoms with Crippen molar-refractivity contribution in [2.75, 3.05) is 40.0 Å². The van der Waals surface area contributed by atoms with E-state index in [1.807, 2.05) is 35.1 Å². The number of aromatic nitrogens is 2. The number of carbonyl (C=O) groups is 1. The standard InChI is InChI=1S/C23H32N4O3/c1-23(2)14-20(25-22(28)8-9-26-10-12-30-13-11-26)19-16-24-27(21(19)15-23)17-4-6-18(29-3)7-5-17/h4-7,16,20H,8-15H2,1-3H3,(H,25,28). The van der Waals surface area contributed by atoms with Gasteiger partial charge in [-0.2, -0.15) is 5.10 Å². The number of ether oxygens (including phenoxy) is 2. The van der Waals surface area contributed by atoms with Gasteiger partial charge in [0.1, 0.15) is 5.75 Å². The number of fused-ring (bicyclic) bond motifs is 1. The highest BCUT2D eigenvalue weighted by Gasteiger charge is 2.36. The van der Waals surface area contributed by atoms with Gasteiger partial charge in [0.15, 0.2) is 0 Å². The van der Waals surface area contributed by atoms with Crippen LogP contribution in [0.25, 0.3) is 5.69 Å². The van der Waals surface area contributed by atoms with Crippen LogP contribution in [0.4, 0.5) is 0 Å². The lowest BCUT2D eigenvalue weighted by Crippen LogP contribution is -2.40. The number of morpholine rings is 1. The van der Waals surface area contributed by atoms with Crippen LogP contribution in [0.3, 0.4) is 0 Å². The summed E-state index contributed by atoms with van der Waals surface area (Å²) >= 11 is 0. The van der Waals surface area contributed by atoms with E-state index in [9.17, 15) is 4.79 Å². The highest BCUT2D eigenvalue weighted by Crippen LogP contribution is 2.41. The summed E-state index contributed by atoms with van der Waals surface area (Å²) in [6, 6.07) is 7.92. The Bertz CT molecular complexity index is 869. The molecule has 0 saturated carbocycles. The topological polar surface area (TPSA) is 68.6 Å². The zero-order valence-corrected chi connectivity index (χ0v) is 18.2. The molecule has 1 unspecified atom stereocenters. The van der Waals surface area contributed by atoms with Gasteiger partial charge in [0.2, 0.25) is 5.91 Å². The Kier molecular flexibility index (Phi) is 6.11. The fraction of sp³-hybridized carbons (Fsp3) is 0.565. The molecule has 0 spiro atoms. The predicted octanol–water partition coefficient (Wildman–Crippen LogP) is 2.73. The molecule has 1 amide bonds. The third kappa shape index (κ3) is 4.68. The van der Waals surface area contributed by atoms with Gasteiger partial charge < -0.3 is 14.8 Å². The van der Waals surface area contributed by atoms with Crippen LogP contribution in [0, 0.1) is 5.41 Å². The molecule has 1 aliphatic heterocycles. The van der Waals surface area contributed by atoms with E-state index < -0.39 is 0 Å². The molecule has 1 atom stereocenters. The number of carbonyl (C=O) groups excluding carboxylic acids is 1. The molecule has 1 aromatic carbocycles. The molecule has 1 aliphatic carbocycles. The zero-order valence-electron chi connectivity index (χ0n) is 18.2. The molecule has 2 aliphatic rings. The third-order valence-corrected chi connectivity index (χ3v) is 6.09. The van der Waals surface area contributed by atoms with Crippen LogP contribution in [-0.2, 0) is 16.0 Å². The van der Waals surface area contributed by atoms with Crippen LogP contribution in [0.1, 0.15) is 44.0 Å². The molecule has 0 bridgehead atoms. The molecule has 7 nitrogen and oxygen atoms in total. The first-order valence-corrected chi connectivity index (χ1v) is 10.8. The normalized spacial score (nSPS) is 21.1. The number of nitrogens with zero attached hydrogens (tertiary/aromatic N) is 3. The number of hydrogen-bond acceptors (Lipinski definition) is 5. The minimum Gasteiger partial charge on any atom is -0.497 e. The number of methoxy groups -OCH3 is 1. The van der Waals surface area contributed by atoms with Crippen molar-refractivity contribution in [2.24, 2.45) is 5.41 Å². The first-order chi connectivity index (χ1) is 14.4. The molecular formula is C23H32N4O3. The summed E-state index contributed by atoms with van der Waals surface area (Å²) in [5.41, 5.74) is 3.39. The minimum absolute atomic E-state index is 0.00654. The zero-order chi connectivity index (χ0) is 21.1. The van der Waals surface area contributed by atoms with Crippen LogP contribution >= 0.6 is 0 Å². The first kappa shape index (κ1) is 20.9. The molecule has 7 heteroatoms.